The zero-order valence-corrected chi connectivity index (χ0v) is 9.51. The molecule has 0 heterocycles. The molecular formula is MoNiS2W. The van der Waals surface area contributed by atoms with Gasteiger partial charge in [-0.15, -0.1) is 0 Å². The molecule has 5 heavy (non-hydrogen) atoms. The Morgan fingerprint density at radius 2 is 1.20 bits per heavy atom. The van der Waals surface area contributed by atoms with E-state index < -0.39 is 0 Å². The van der Waals surface area contributed by atoms with Gasteiger partial charge in [-0.2, -0.15) is 0 Å². The Kier molecular flexibility index (Phi) is 104. The van der Waals surface area contributed by atoms with E-state index in [-0.39, 0.29) is 21.1 Å². The molecule has 0 nitrogen and oxygen atoms in total. The molecule has 0 saturated carbocycles. The molecule has 0 spiro atoms. The Morgan fingerprint density at radius 1 is 1.20 bits per heavy atom. The fourth-order valence-corrected chi connectivity index (χ4v) is 0. The molecule has 0 saturated heterocycles. The first-order chi connectivity index (χ1) is 2.00. The van der Waals surface area contributed by atoms with Crippen molar-refractivity contribution in [3.8, 4) is 0 Å². The molecule has 0 N–H and O–H groups in total. The molecule has 0 unspecified atom stereocenters. The Labute approximate surface area is 72.4 Å². The van der Waals surface area contributed by atoms with Gasteiger partial charge in [0.2, 0.25) is 0 Å². The van der Waals surface area contributed by atoms with E-state index in [1.165, 1.54) is 18.0 Å². The molecule has 0 aliphatic rings. The van der Waals surface area contributed by atoms with Crippen molar-refractivity contribution in [2.24, 2.45) is 0 Å². The number of hydrogen-bond acceptors (Lipinski definition) is 2. The van der Waals surface area contributed by atoms with Gasteiger partial charge in [-0.3, -0.25) is 0 Å². The van der Waals surface area contributed by atoms with Crippen LogP contribution >= 0.6 is 20.5 Å². The molecule has 5 heteroatoms. The first-order valence-corrected chi connectivity index (χ1v) is 5.69. The first-order valence-electron chi connectivity index (χ1n) is 0.296. The third kappa shape index (κ3) is 22.0. The summed E-state index contributed by atoms with van der Waals surface area (Å²) < 4.78 is 0. The summed E-state index contributed by atoms with van der Waals surface area (Å²) in [6.45, 7) is 0. The van der Waals surface area contributed by atoms with Crippen molar-refractivity contribution in [1.29, 1.82) is 0 Å². The quantitative estimate of drug-likeness (QED) is 0.560. The maximum absolute atomic E-state index is 4.17. The summed E-state index contributed by atoms with van der Waals surface area (Å²) in [5.74, 6) is 0. The average molecular weight is 403 g/mol. The second-order valence-electron chi connectivity index (χ2n) is 0. The minimum absolute atomic E-state index is 0. The number of hydrogen-bond donors (Lipinski definition) is 0. The minimum atomic E-state index is 0. The molecule has 0 amide bonds. The molecule has 0 bridgehead atoms. The van der Waals surface area contributed by atoms with Crippen LogP contribution in [0.1, 0.15) is 0 Å². The topological polar surface area (TPSA) is 0 Å². The van der Waals surface area contributed by atoms with E-state index in [2.05, 4.69) is 34.3 Å². The second kappa shape index (κ2) is 33.3. The Balaban J connectivity index is -0.0000000133. The summed E-state index contributed by atoms with van der Waals surface area (Å²) in [4.78, 5) is 0. The molecule has 0 aliphatic heterocycles. The Bertz CT molecular complexity index is 11.6. The van der Waals surface area contributed by atoms with Crippen molar-refractivity contribution >= 4 is 20.5 Å². The van der Waals surface area contributed by atoms with Crippen molar-refractivity contribution in [1.82, 2.24) is 0 Å². The summed E-state index contributed by atoms with van der Waals surface area (Å²) in [6.07, 6.45) is 0. The predicted molar refractivity (Wildman–Crippen MR) is 15.2 cm³/mol. The monoisotopic (exact) mass is 404 g/mol. The van der Waals surface area contributed by atoms with E-state index in [0.717, 1.165) is 0 Å². The van der Waals surface area contributed by atoms with Crippen LogP contribution in [-0.4, -0.2) is 0 Å². The van der Waals surface area contributed by atoms with E-state index in [0.29, 0.717) is 0 Å². The van der Waals surface area contributed by atoms with Crippen LogP contribution in [-0.2, 0) is 52.9 Å². The molecule has 0 rings (SSSR count). The summed E-state index contributed by atoms with van der Waals surface area (Å²) in [6, 6.07) is 0. The van der Waals surface area contributed by atoms with E-state index in [4.69, 9.17) is 0 Å². The zero-order valence-electron chi connectivity index (χ0n) is 1.95. The summed E-state index contributed by atoms with van der Waals surface area (Å²) in [7, 11) is 7.87. The van der Waals surface area contributed by atoms with Gasteiger partial charge in [-0.25, -0.2) is 0 Å². The second-order valence-corrected chi connectivity index (χ2v) is 0. The van der Waals surface area contributed by atoms with Crippen LogP contribution in [0.3, 0.4) is 0 Å². The van der Waals surface area contributed by atoms with Crippen LogP contribution in [0.5, 0.6) is 0 Å². The third-order valence-corrected chi connectivity index (χ3v) is 0. The molecular weight excluding hydrogens is 403 g/mol. The summed E-state index contributed by atoms with van der Waals surface area (Å²) >= 11 is 4.62. The molecule has 0 aromatic carbocycles. The standard InChI is InChI=1S/Mo.Ni.2S.W. The zero-order chi connectivity index (χ0) is 4.00. The fraction of sp³-hybridized carbons (Fsp3) is 0. The van der Waals surface area contributed by atoms with E-state index >= 15 is 0 Å². The van der Waals surface area contributed by atoms with Gasteiger partial charge in [0.1, 0.15) is 0 Å². The van der Waals surface area contributed by atoms with Gasteiger partial charge in [0.25, 0.3) is 0 Å². The number of rotatable bonds is 0. The van der Waals surface area contributed by atoms with Gasteiger partial charge >= 0.3 is 52.3 Å². The normalized spacial score (nSPS) is 2.00. The van der Waals surface area contributed by atoms with Crippen LogP contribution in [0.4, 0.5) is 0 Å². The van der Waals surface area contributed by atoms with Crippen LogP contribution in [0.15, 0.2) is 0 Å². The van der Waals surface area contributed by atoms with Crippen molar-refractivity contribution in [3.05, 3.63) is 0 Å². The molecule has 0 aromatic rings. The van der Waals surface area contributed by atoms with Gasteiger partial charge in [-0.1, -0.05) is 0 Å². The fourth-order valence-electron chi connectivity index (χ4n) is 0. The SMILES string of the molecule is [Mo].[S]=[Ni].[S]=[W]. The van der Waals surface area contributed by atoms with Crippen molar-refractivity contribution in [2.75, 3.05) is 0 Å². The van der Waals surface area contributed by atoms with E-state index in [9.17, 15) is 0 Å². The molecule has 0 aliphatic carbocycles. The molecule has 0 aromatic heterocycles. The first kappa shape index (κ1) is 15.7. The van der Waals surface area contributed by atoms with E-state index in [1.54, 1.807) is 0 Å². The Morgan fingerprint density at radius 3 is 1.20 bits per heavy atom. The van der Waals surface area contributed by atoms with Crippen molar-refractivity contribution < 1.29 is 52.9 Å². The van der Waals surface area contributed by atoms with Gasteiger partial charge < -0.3 is 0 Å². The van der Waals surface area contributed by atoms with Crippen LogP contribution in [0.2, 0.25) is 0 Å². The van der Waals surface area contributed by atoms with Gasteiger partial charge in [0.05, 0.1) is 0 Å². The van der Waals surface area contributed by atoms with Crippen molar-refractivity contribution in [3.63, 3.8) is 0 Å². The van der Waals surface area contributed by atoms with Crippen molar-refractivity contribution in [2.45, 2.75) is 0 Å². The predicted octanol–water partition coefficient (Wildman–Crippen LogP) is 1.29. The van der Waals surface area contributed by atoms with Crippen LogP contribution in [0, 0.1) is 0 Å². The maximum atomic E-state index is 4.17. The molecule has 0 fully saturated rings. The third-order valence-electron chi connectivity index (χ3n) is 0. The molecule has 0 atom stereocenters. The van der Waals surface area contributed by atoms with Crippen LogP contribution < -0.4 is 0 Å². The Hall–Kier alpha value is 2.31. The van der Waals surface area contributed by atoms with Gasteiger partial charge in [-0.05, 0) is 0 Å². The van der Waals surface area contributed by atoms with E-state index in [1.807, 2.05) is 0 Å². The summed E-state index contributed by atoms with van der Waals surface area (Å²) in [5, 5.41) is 0. The van der Waals surface area contributed by atoms with Gasteiger partial charge in [0, 0.05) is 21.1 Å². The molecule has 34 valence electrons. The van der Waals surface area contributed by atoms with Gasteiger partial charge in [0.15, 0.2) is 0 Å². The summed E-state index contributed by atoms with van der Waals surface area (Å²) in [5.41, 5.74) is 0. The van der Waals surface area contributed by atoms with Crippen LogP contribution in [0.25, 0.3) is 0 Å². The average Bonchev–Trinajstić information content (AvgIpc) is 1.50. The molecule has 0 radical (unpaired) electrons.